The number of hydrogen-bond donors (Lipinski definition) is 1. The molecule has 2 aliphatic rings. The number of benzene rings is 2. The van der Waals surface area contributed by atoms with Gasteiger partial charge in [-0.25, -0.2) is 4.31 Å². The molecule has 4 rings (SSSR count). The Morgan fingerprint density at radius 1 is 0.739 bits per heavy atom. The van der Waals surface area contributed by atoms with Crippen LogP contribution < -0.4 is 4.90 Å². The highest BCUT2D eigenvalue weighted by Crippen LogP contribution is 2.25. The van der Waals surface area contributed by atoms with E-state index >= 15 is 0 Å². The van der Waals surface area contributed by atoms with E-state index < -0.39 is 0 Å². The number of aromatic hydroxyl groups is 1. The molecule has 0 atom stereocenters. The summed E-state index contributed by atoms with van der Waals surface area (Å²) < 4.78 is 2.41. The summed E-state index contributed by atoms with van der Waals surface area (Å²) in [4.78, 5) is 3.66. The number of nitrogens with zero attached hydrogens (tertiary/aromatic N) is 2. The maximum absolute atomic E-state index is 9.33. The number of anilines is 1. The Hall–Kier alpha value is -1.65. The number of piperazine rings is 1. The zero-order chi connectivity index (χ0) is 15.9. The molecule has 1 aliphatic heterocycles. The molecule has 0 spiro atoms. The Labute approximate surface area is 143 Å². The van der Waals surface area contributed by atoms with Gasteiger partial charge >= 0.3 is 0 Å². The highest BCUT2D eigenvalue weighted by Gasteiger charge is 2.17. The first-order chi connectivity index (χ1) is 11.3. The van der Waals surface area contributed by atoms with Crippen molar-refractivity contribution in [2.24, 2.45) is 0 Å². The van der Waals surface area contributed by atoms with Gasteiger partial charge in [0.25, 0.3) is 0 Å². The van der Waals surface area contributed by atoms with E-state index in [2.05, 4.69) is 33.5 Å². The van der Waals surface area contributed by atoms with Gasteiger partial charge in [-0.3, -0.25) is 0 Å². The fourth-order valence-electron chi connectivity index (χ4n) is 2.33. The first-order valence-electron chi connectivity index (χ1n) is 8.33. The summed E-state index contributed by atoms with van der Waals surface area (Å²) in [6.45, 7) is 4.12. The van der Waals surface area contributed by atoms with E-state index in [4.69, 9.17) is 0 Å². The average molecular weight is 328 g/mol. The molecular weight excluding hydrogens is 304 g/mol. The van der Waals surface area contributed by atoms with Crippen LogP contribution in [0.4, 0.5) is 5.69 Å². The van der Waals surface area contributed by atoms with E-state index in [0.29, 0.717) is 5.75 Å². The number of phenols is 1. The van der Waals surface area contributed by atoms with Crippen molar-refractivity contribution in [3.8, 4) is 5.75 Å². The van der Waals surface area contributed by atoms with Crippen molar-refractivity contribution in [2.75, 3.05) is 31.1 Å². The Kier molecular flexibility index (Phi) is 5.83. The third-order valence-electron chi connectivity index (χ3n) is 3.78. The standard InChI is InChI=1S/C16H18N2OS.C3H6/c19-15-8-6-14(7-9-15)17-10-12-18(13-11-17)20-16-4-2-1-3-5-16;1-2-3-1/h1-9,19H,10-13H2;1-3H2. The summed E-state index contributed by atoms with van der Waals surface area (Å²) in [6, 6.07) is 18.0. The van der Waals surface area contributed by atoms with Crippen molar-refractivity contribution < 1.29 is 5.11 Å². The zero-order valence-corrected chi connectivity index (χ0v) is 14.2. The molecule has 4 heteroatoms. The van der Waals surface area contributed by atoms with Crippen LogP contribution in [-0.2, 0) is 0 Å². The maximum Gasteiger partial charge on any atom is 0.115 e. The predicted octanol–water partition coefficient (Wildman–Crippen LogP) is 4.39. The van der Waals surface area contributed by atoms with E-state index in [-0.39, 0.29) is 0 Å². The summed E-state index contributed by atoms with van der Waals surface area (Å²) in [7, 11) is 0. The smallest absolute Gasteiger partial charge is 0.115 e. The minimum absolute atomic E-state index is 0.326. The van der Waals surface area contributed by atoms with Crippen molar-refractivity contribution in [3.05, 3.63) is 54.6 Å². The topological polar surface area (TPSA) is 26.7 Å². The molecule has 1 N–H and O–H groups in total. The van der Waals surface area contributed by atoms with Gasteiger partial charge in [-0.05, 0) is 48.3 Å². The van der Waals surface area contributed by atoms with E-state index in [1.54, 1.807) is 12.1 Å². The summed E-state index contributed by atoms with van der Waals surface area (Å²) in [5, 5.41) is 9.33. The van der Waals surface area contributed by atoms with E-state index in [1.807, 2.05) is 30.1 Å². The molecule has 0 aromatic heterocycles. The van der Waals surface area contributed by atoms with Gasteiger partial charge in [0.15, 0.2) is 0 Å². The molecule has 0 bridgehead atoms. The van der Waals surface area contributed by atoms with Crippen LogP contribution in [0, 0.1) is 0 Å². The average Bonchev–Trinajstić information content (AvgIpc) is 3.46. The molecule has 23 heavy (non-hydrogen) atoms. The molecule has 1 saturated heterocycles. The van der Waals surface area contributed by atoms with Crippen LogP contribution in [0.5, 0.6) is 5.75 Å². The summed E-state index contributed by atoms with van der Waals surface area (Å²) in [5.74, 6) is 0.326. The van der Waals surface area contributed by atoms with Crippen molar-refractivity contribution in [1.29, 1.82) is 0 Å². The molecule has 1 saturated carbocycles. The lowest BCUT2D eigenvalue weighted by atomic mass is 10.2. The molecule has 1 aliphatic carbocycles. The molecular formula is C19H24N2OS. The third-order valence-corrected chi connectivity index (χ3v) is 4.89. The van der Waals surface area contributed by atoms with Gasteiger partial charge < -0.3 is 10.0 Å². The number of phenolic OH excluding ortho intramolecular Hbond substituents is 1. The lowest BCUT2D eigenvalue weighted by Crippen LogP contribution is -2.43. The molecule has 0 unspecified atom stereocenters. The quantitative estimate of drug-likeness (QED) is 0.845. The van der Waals surface area contributed by atoms with E-state index in [1.165, 1.54) is 29.8 Å². The summed E-state index contributed by atoms with van der Waals surface area (Å²) in [5.41, 5.74) is 1.19. The van der Waals surface area contributed by atoms with Crippen LogP contribution in [-0.4, -0.2) is 35.6 Å². The van der Waals surface area contributed by atoms with Crippen molar-refractivity contribution in [1.82, 2.24) is 4.31 Å². The second-order valence-electron chi connectivity index (χ2n) is 5.90. The second-order valence-corrected chi connectivity index (χ2v) is 7.07. The van der Waals surface area contributed by atoms with Crippen LogP contribution in [0.15, 0.2) is 59.5 Å². The number of hydrogen-bond acceptors (Lipinski definition) is 4. The molecule has 3 nitrogen and oxygen atoms in total. The zero-order valence-electron chi connectivity index (χ0n) is 13.4. The molecule has 0 radical (unpaired) electrons. The molecule has 0 amide bonds. The van der Waals surface area contributed by atoms with Crippen LogP contribution in [0.25, 0.3) is 0 Å². The lowest BCUT2D eigenvalue weighted by Gasteiger charge is -2.35. The summed E-state index contributed by atoms with van der Waals surface area (Å²) >= 11 is 1.83. The fourth-order valence-corrected chi connectivity index (χ4v) is 3.25. The minimum Gasteiger partial charge on any atom is -0.508 e. The predicted molar refractivity (Wildman–Crippen MR) is 98.0 cm³/mol. The monoisotopic (exact) mass is 328 g/mol. The van der Waals surface area contributed by atoms with Gasteiger partial charge in [-0.2, -0.15) is 0 Å². The largest absolute Gasteiger partial charge is 0.508 e. The van der Waals surface area contributed by atoms with E-state index in [9.17, 15) is 5.11 Å². The van der Waals surface area contributed by atoms with Gasteiger partial charge in [-0.1, -0.05) is 37.5 Å². The first-order valence-corrected chi connectivity index (χ1v) is 9.10. The Balaban J connectivity index is 0.000000468. The van der Waals surface area contributed by atoms with Crippen LogP contribution in [0.1, 0.15) is 19.3 Å². The van der Waals surface area contributed by atoms with Crippen LogP contribution >= 0.6 is 11.9 Å². The highest BCUT2D eigenvalue weighted by molar-refractivity contribution is 7.97. The van der Waals surface area contributed by atoms with Crippen LogP contribution in [0.2, 0.25) is 0 Å². The van der Waals surface area contributed by atoms with Crippen molar-refractivity contribution in [2.45, 2.75) is 24.2 Å². The molecule has 1 heterocycles. The second kappa shape index (κ2) is 8.27. The van der Waals surface area contributed by atoms with Crippen LogP contribution in [0.3, 0.4) is 0 Å². The molecule has 2 aromatic carbocycles. The highest BCUT2D eigenvalue weighted by atomic mass is 32.2. The van der Waals surface area contributed by atoms with Gasteiger partial charge in [0.1, 0.15) is 5.75 Å². The summed E-state index contributed by atoms with van der Waals surface area (Å²) in [6.07, 6.45) is 4.50. The van der Waals surface area contributed by atoms with Gasteiger partial charge in [-0.15, -0.1) is 0 Å². The fraction of sp³-hybridized carbons (Fsp3) is 0.368. The molecule has 2 aromatic rings. The van der Waals surface area contributed by atoms with Gasteiger partial charge in [0.2, 0.25) is 0 Å². The van der Waals surface area contributed by atoms with E-state index in [0.717, 1.165) is 26.2 Å². The third kappa shape index (κ3) is 5.48. The van der Waals surface area contributed by atoms with Gasteiger partial charge in [0, 0.05) is 36.8 Å². The Bertz CT molecular complexity index is 575. The Morgan fingerprint density at radius 2 is 1.35 bits per heavy atom. The maximum atomic E-state index is 9.33. The molecule has 2 fully saturated rings. The Morgan fingerprint density at radius 3 is 1.91 bits per heavy atom. The molecule has 122 valence electrons. The number of rotatable bonds is 3. The SMILES string of the molecule is C1CC1.Oc1ccc(N2CCN(Sc3ccccc3)CC2)cc1. The lowest BCUT2D eigenvalue weighted by molar-refractivity contribution is 0.429. The van der Waals surface area contributed by atoms with Gasteiger partial charge in [0.05, 0.1) is 0 Å². The first kappa shape index (κ1) is 16.2. The van der Waals surface area contributed by atoms with Crippen molar-refractivity contribution in [3.63, 3.8) is 0 Å². The minimum atomic E-state index is 0.326. The van der Waals surface area contributed by atoms with Crippen molar-refractivity contribution >= 4 is 17.6 Å². The normalized spacial score (nSPS) is 17.3.